The highest BCUT2D eigenvalue weighted by molar-refractivity contribution is 6.30. The molecular weight excluding hydrogens is 468 g/mol. The van der Waals surface area contributed by atoms with Gasteiger partial charge in [-0.2, -0.15) is 0 Å². The predicted molar refractivity (Wildman–Crippen MR) is 153 cm³/mol. The van der Waals surface area contributed by atoms with Gasteiger partial charge in [-0.15, -0.1) is 0 Å². The van der Waals surface area contributed by atoms with Crippen LogP contribution < -0.4 is 0 Å². The number of nitrogens with zero attached hydrogens (tertiary/aromatic N) is 4. The van der Waals surface area contributed by atoms with E-state index in [4.69, 9.17) is 9.40 Å². The molecule has 0 spiro atoms. The molecule has 0 saturated carbocycles. The van der Waals surface area contributed by atoms with Crippen LogP contribution in [-0.2, 0) is 0 Å². The monoisotopic (exact) mass is 486 g/mol. The molecule has 0 aliphatic heterocycles. The first-order valence-corrected chi connectivity index (χ1v) is 12.6. The van der Waals surface area contributed by atoms with Gasteiger partial charge in [-0.25, -0.2) is 15.0 Å². The smallest absolute Gasteiger partial charge is 0.182 e. The molecule has 0 amide bonds. The second-order valence-electron chi connectivity index (χ2n) is 9.77. The predicted octanol–water partition coefficient (Wildman–Crippen LogP) is 8.26. The Morgan fingerprint density at radius 2 is 1.45 bits per heavy atom. The van der Waals surface area contributed by atoms with E-state index >= 15 is 0 Å². The van der Waals surface area contributed by atoms with Crippen LogP contribution in [0.3, 0.4) is 0 Å². The highest BCUT2D eigenvalue weighted by Crippen LogP contribution is 2.43. The van der Waals surface area contributed by atoms with Crippen LogP contribution in [0, 0.1) is 0 Å². The summed E-state index contributed by atoms with van der Waals surface area (Å²) in [7, 11) is 0. The fourth-order valence-corrected chi connectivity index (χ4v) is 6.01. The minimum absolute atomic E-state index is 0.724. The average Bonchev–Trinajstić information content (AvgIpc) is 3.67. The molecule has 0 bridgehead atoms. The average molecular weight is 487 g/mol. The van der Waals surface area contributed by atoms with Crippen LogP contribution in [0.4, 0.5) is 0 Å². The lowest BCUT2D eigenvalue weighted by Crippen LogP contribution is -1.90. The van der Waals surface area contributed by atoms with Gasteiger partial charge in [0.15, 0.2) is 17.8 Å². The molecule has 0 radical (unpaired) electrons. The van der Waals surface area contributed by atoms with E-state index in [0.717, 1.165) is 60.8 Å². The molecule has 9 rings (SSSR count). The summed E-state index contributed by atoms with van der Waals surface area (Å²) in [4.78, 5) is 14.0. The Morgan fingerprint density at radius 1 is 0.605 bits per heavy atom. The van der Waals surface area contributed by atoms with Crippen molar-refractivity contribution in [3.8, 4) is 22.5 Å². The number of para-hydroxylation sites is 2. The van der Waals surface area contributed by atoms with Crippen molar-refractivity contribution in [3.05, 3.63) is 110 Å². The topological polar surface area (TPSA) is 56.2 Å². The molecule has 0 atom stereocenters. The first kappa shape index (κ1) is 19.8. The maximum atomic E-state index is 5.95. The first-order valence-electron chi connectivity index (χ1n) is 12.6. The molecule has 5 heteroatoms. The number of hydrogen-bond donors (Lipinski definition) is 0. The highest BCUT2D eigenvalue weighted by atomic mass is 16.3. The van der Waals surface area contributed by atoms with Crippen LogP contribution in [0.2, 0.25) is 0 Å². The van der Waals surface area contributed by atoms with Crippen LogP contribution in [0.1, 0.15) is 0 Å². The van der Waals surface area contributed by atoms with Crippen LogP contribution in [-0.4, -0.2) is 19.4 Å². The third kappa shape index (κ3) is 2.57. The maximum absolute atomic E-state index is 5.95. The third-order valence-electron chi connectivity index (χ3n) is 7.70. The zero-order valence-electron chi connectivity index (χ0n) is 20.1. The molecule has 5 nitrogen and oxygen atoms in total. The summed E-state index contributed by atoms with van der Waals surface area (Å²) in [5.41, 5.74) is 9.42. The summed E-state index contributed by atoms with van der Waals surface area (Å²) in [6.45, 7) is 0. The van der Waals surface area contributed by atoms with Crippen molar-refractivity contribution >= 4 is 60.1 Å². The highest BCUT2D eigenvalue weighted by Gasteiger charge is 2.22. The van der Waals surface area contributed by atoms with Crippen LogP contribution in [0.25, 0.3) is 82.6 Å². The van der Waals surface area contributed by atoms with Gasteiger partial charge in [0.25, 0.3) is 0 Å². The molecule has 0 fully saturated rings. The largest absolute Gasteiger partial charge is 0.443 e. The van der Waals surface area contributed by atoms with E-state index in [-0.39, 0.29) is 0 Å². The molecule has 5 aromatic carbocycles. The summed E-state index contributed by atoms with van der Waals surface area (Å²) in [5.74, 6) is 0.724. The Bertz CT molecular complexity index is 2360. The third-order valence-corrected chi connectivity index (χ3v) is 7.70. The van der Waals surface area contributed by atoms with Crippen molar-refractivity contribution in [1.29, 1.82) is 0 Å². The Labute approximate surface area is 216 Å². The fourth-order valence-electron chi connectivity index (χ4n) is 6.01. The Hall–Kier alpha value is -5.29. The van der Waals surface area contributed by atoms with E-state index in [0.29, 0.717) is 0 Å². The molecule has 9 aromatic rings. The maximum Gasteiger partial charge on any atom is 0.182 e. The quantitative estimate of drug-likeness (QED) is 0.247. The van der Waals surface area contributed by atoms with Crippen molar-refractivity contribution in [1.82, 2.24) is 19.4 Å². The second-order valence-corrected chi connectivity index (χ2v) is 9.77. The number of aromatic nitrogens is 4. The molecule has 0 aliphatic rings. The molecule has 0 unspecified atom stereocenters. The van der Waals surface area contributed by atoms with Gasteiger partial charge in [-0.05, 0) is 47.5 Å². The van der Waals surface area contributed by atoms with Crippen molar-refractivity contribution in [2.45, 2.75) is 0 Å². The Balaban J connectivity index is 1.30. The zero-order chi connectivity index (χ0) is 24.8. The van der Waals surface area contributed by atoms with Gasteiger partial charge >= 0.3 is 0 Å². The van der Waals surface area contributed by atoms with Gasteiger partial charge in [-0.1, -0.05) is 60.7 Å². The molecule has 4 heterocycles. The summed E-state index contributed by atoms with van der Waals surface area (Å²) in [5, 5.41) is 5.73. The van der Waals surface area contributed by atoms with Crippen molar-refractivity contribution < 1.29 is 4.42 Å². The summed E-state index contributed by atoms with van der Waals surface area (Å²) >= 11 is 0. The van der Waals surface area contributed by atoms with Gasteiger partial charge in [0, 0.05) is 33.3 Å². The van der Waals surface area contributed by atoms with Crippen LogP contribution >= 0.6 is 0 Å². The fraction of sp³-hybridized carbons (Fsp3) is 0. The standard InChI is InChI=1S/C33H18N4O/c1-3-10-26-22(6-1)17-34-33(36-26)21-8-5-7-19(14-21)20-12-13-29-25(15-20)30-31-24(16-27-32(30)38-18-35-27)23-9-2-4-11-28(23)37(29)31/h1-18H. The van der Waals surface area contributed by atoms with E-state index in [1.54, 1.807) is 6.39 Å². The van der Waals surface area contributed by atoms with Gasteiger partial charge in [0.1, 0.15) is 5.52 Å². The van der Waals surface area contributed by atoms with E-state index in [9.17, 15) is 0 Å². The number of rotatable bonds is 2. The summed E-state index contributed by atoms with van der Waals surface area (Å²) in [6, 6.07) is 33.9. The van der Waals surface area contributed by atoms with Gasteiger partial charge in [-0.3, -0.25) is 0 Å². The van der Waals surface area contributed by atoms with Crippen molar-refractivity contribution in [3.63, 3.8) is 0 Å². The molecule has 38 heavy (non-hydrogen) atoms. The van der Waals surface area contributed by atoms with Gasteiger partial charge in [0.05, 0.1) is 27.5 Å². The zero-order valence-corrected chi connectivity index (χ0v) is 20.1. The van der Waals surface area contributed by atoms with E-state index in [1.165, 1.54) is 21.8 Å². The van der Waals surface area contributed by atoms with Crippen molar-refractivity contribution in [2.24, 2.45) is 0 Å². The molecule has 4 aromatic heterocycles. The summed E-state index contributed by atoms with van der Waals surface area (Å²) < 4.78 is 8.31. The molecule has 176 valence electrons. The van der Waals surface area contributed by atoms with Gasteiger partial charge in [0.2, 0.25) is 0 Å². The molecule has 0 aliphatic carbocycles. The van der Waals surface area contributed by atoms with E-state index < -0.39 is 0 Å². The molecule has 0 N–H and O–H groups in total. The van der Waals surface area contributed by atoms with E-state index in [2.05, 4.69) is 87.2 Å². The lowest BCUT2D eigenvalue weighted by Gasteiger charge is -2.07. The minimum atomic E-state index is 0.724. The number of benzene rings is 5. The Morgan fingerprint density at radius 3 is 2.45 bits per heavy atom. The second kappa shape index (κ2) is 7.14. The van der Waals surface area contributed by atoms with Crippen LogP contribution in [0.5, 0.6) is 0 Å². The summed E-state index contributed by atoms with van der Waals surface area (Å²) in [6.07, 6.45) is 3.43. The van der Waals surface area contributed by atoms with Crippen molar-refractivity contribution in [2.75, 3.05) is 0 Å². The molecular formula is C33H18N4O. The SMILES string of the molecule is c1cc(-c2ccc3c(c2)c2c4ocnc4cc4c5ccccc5n3c42)cc(-c2ncc3ccccc3n2)c1. The lowest BCUT2D eigenvalue weighted by atomic mass is 9.99. The van der Waals surface area contributed by atoms with Crippen LogP contribution in [0.15, 0.2) is 114 Å². The number of fused-ring (bicyclic) bond motifs is 9. The number of hydrogen-bond acceptors (Lipinski definition) is 4. The lowest BCUT2D eigenvalue weighted by molar-refractivity contribution is 0.605. The molecule has 0 saturated heterocycles. The first-order chi connectivity index (χ1) is 18.8. The van der Waals surface area contributed by atoms with E-state index in [1.807, 2.05) is 30.5 Å². The van der Waals surface area contributed by atoms with Gasteiger partial charge < -0.3 is 8.82 Å². The number of oxazole rings is 1. The normalized spacial score (nSPS) is 12.2. The minimum Gasteiger partial charge on any atom is -0.443 e. The Kier molecular flexibility index (Phi) is 3.73.